The highest BCUT2D eigenvalue weighted by Gasteiger charge is 2.52. The highest BCUT2D eigenvalue weighted by atomic mass is 16.2. The molecule has 0 bridgehead atoms. The van der Waals surface area contributed by atoms with Crippen LogP contribution in [0.4, 0.5) is 17.1 Å². The van der Waals surface area contributed by atoms with Gasteiger partial charge in [0, 0.05) is 43.1 Å². The second-order valence-electron chi connectivity index (χ2n) is 8.21. The smallest absolute Gasteiger partial charge is 0.257 e. The lowest BCUT2D eigenvalue weighted by Crippen LogP contribution is -2.46. The van der Waals surface area contributed by atoms with Gasteiger partial charge in [-0.1, -0.05) is 24.3 Å². The first-order chi connectivity index (χ1) is 16.2. The van der Waals surface area contributed by atoms with E-state index in [9.17, 15) is 4.79 Å². The predicted octanol–water partition coefficient (Wildman–Crippen LogP) is 4.62. The van der Waals surface area contributed by atoms with Gasteiger partial charge in [-0.3, -0.25) is 20.2 Å². The first-order valence-corrected chi connectivity index (χ1v) is 11.0. The first kappa shape index (κ1) is 20.7. The lowest BCUT2D eigenvalue weighted by atomic mass is 9.71. The SMILES string of the molecule is CNc1cccc2c1C(Cc1ccncc1)(Cc1ccncc1)C(=O)N2Nc1ccccc1. The van der Waals surface area contributed by atoms with E-state index in [0.717, 1.165) is 33.8 Å². The van der Waals surface area contributed by atoms with E-state index in [4.69, 9.17) is 0 Å². The third-order valence-corrected chi connectivity index (χ3v) is 6.17. The van der Waals surface area contributed by atoms with Crippen molar-refractivity contribution >= 4 is 23.0 Å². The summed E-state index contributed by atoms with van der Waals surface area (Å²) < 4.78 is 0. The molecule has 6 nitrogen and oxygen atoms in total. The third kappa shape index (κ3) is 3.80. The summed E-state index contributed by atoms with van der Waals surface area (Å²) in [6, 6.07) is 23.7. The molecule has 2 aromatic carbocycles. The van der Waals surface area contributed by atoms with Crippen LogP contribution in [0.15, 0.2) is 97.6 Å². The molecule has 0 radical (unpaired) electrons. The van der Waals surface area contributed by atoms with E-state index < -0.39 is 5.41 Å². The molecule has 164 valence electrons. The Morgan fingerprint density at radius 3 is 1.97 bits per heavy atom. The van der Waals surface area contributed by atoms with E-state index in [-0.39, 0.29) is 5.91 Å². The number of hydrogen-bond acceptors (Lipinski definition) is 5. The number of nitrogens with one attached hydrogen (secondary N) is 2. The number of amides is 1. The maximum Gasteiger partial charge on any atom is 0.257 e. The van der Waals surface area contributed by atoms with E-state index in [0.29, 0.717) is 12.8 Å². The molecule has 1 aliphatic rings. The second kappa shape index (κ2) is 8.74. The number of anilines is 3. The summed E-state index contributed by atoms with van der Waals surface area (Å²) >= 11 is 0. The molecule has 0 aliphatic carbocycles. The Morgan fingerprint density at radius 2 is 1.39 bits per heavy atom. The number of nitrogens with zero attached hydrogens (tertiary/aromatic N) is 3. The Morgan fingerprint density at radius 1 is 0.788 bits per heavy atom. The summed E-state index contributed by atoms with van der Waals surface area (Å²) in [5.74, 6) is 0.0117. The molecule has 0 fully saturated rings. The maximum atomic E-state index is 14.4. The average Bonchev–Trinajstić information content (AvgIpc) is 3.08. The summed E-state index contributed by atoms with van der Waals surface area (Å²) in [6.45, 7) is 0. The van der Waals surface area contributed by atoms with E-state index in [1.165, 1.54) is 0 Å². The predicted molar refractivity (Wildman–Crippen MR) is 131 cm³/mol. The lowest BCUT2D eigenvalue weighted by Gasteiger charge is -2.30. The van der Waals surface area contributed by atoms with Crippen molar-refractivity contribution in [3.05, 3.63) is 114 Å². The molecule has 2 aromatic heterocycles. The highest BCUT2D eigenvalue weighted by Crippen LogP contribution is 2.49. The number of carbonyl (C=O) groups is 1. The molecule has 3 heterocycles. The minimum atomic E-state index is -0.806. The number of carbonyl (C=O) groups excluding carboxylic acids is 1. The van der Waals surface area contributed by atoms with Crippen molar-refractivity contribution in [3.8, 4) is 0 Å². The van der Waals surface area contributed by atoms with Crippen LogP contribution >= 0.6 is 0 Å². The van der Waals surface area contributed by atoms with Crippen LogP contribution in [0.5, 0.6) is 0 Å². The molecule has 0 atom stereocenters. The third-order valence-electron chi connectivity index (χ3n) is 6.17. The maximum absolute atomic E-state index is 14.4. The van der Waals surface area contributed by atoms with Crippen LogP contribution < -0.4 is 15.8 Å². The van der Waals surface area contributed by atoms with Crippen LogP contribution in [-0.2, 0) is 23.1 Å². The Hall–Kier alpha value is -4.19. The van der Waals surface area contributed by atoms with Crippen molar-refractivity contribution in [2.75, 3.05) is 22.8 Å². The first-order valence-electron chi connectivity index (χ1n) is 11.0. The number of hydrogen-bond donors (Lipinski definition) is 2. The zero-order valence-electron chi connectivity index (χ0n) is 18.4. The van der Waals surface area contributed by atoms with Gasteiger partial charge in [0.2, 0.25) is 0 Å². The average molecular weight is 436 g/mol. The highest BCUT2D eigenvalue weighted by molar-refractivity contribution is 6.11. The molecule has 0 spiro atoms. The number of para-hydroxylation sites is 1. The zero-order chi connectivity index (χ0) is 22.7. The summed E-state index contributed by atoms with van der Waals surface area (Å²) in [6.07, 6.45) is 8.21. The van der Waals surface area contributed by atoms with Crippen LogP contribution in [0.1, 0.15) is 16.7 Å². The second-order valence-corrected chi connectivity index (χ2v) is 8.21. The Kier molecular flexibility index (Phi) is 5.48. The van der Waals surface area contributed by atoms with Crippen molar-refractivity contribution in [2.45, 2.75) is 18.3 Å². The molecule has 4 aromatic rings. The molecule has 2 N–H and O–H groups in total. The zero-order valence-corrected chi connectivity index (χ0v) is 18.4. The number of fused-ring (bicyclic) bond motifs is 1. The normalized spacial score (nSPS) is 14.1. The fraction of sp³-hybridized carbons (Fsp3) is 0.148. The molecule has 0 saturated carbocycles. The van der Waals surface area contributed by atoms with E-state index >= 15 is 0 Å². The van der Waals surface area contributed by atoms with Crippen LogP contribution in [0.2, 0.25) is 0 Å². The van der Waals surface area contributed by atoms with E-state index in [1.54, 1.807) is 29.8 Å². The number of aromatic nitrogens is 2. The molecule has 33 heavy (non-hydrogen) atoms. The summed E-state index contributed by atoms with van der Waals surface area (Å²) in [5, 5.41) is 5.03. The lowest BCUT2D eigenvalue weighted by molar-refractivity contribution is -0.122. The summed E-state index contributed by atoms with van der Waals surface area (Å²) in [4.78, 5) is 22.7. The van der Waals surface area contributed by atoms with Crippen LogP contribution in [0.25, 0.3) is 0 Å². The molecule has 0 unspecified atom stereocenters. The fourth-order valence-corrected chi connectivity index (χ4v) is 4.71. The van der Waals surface area contributed by atoms with Gasteiger partial charge in [-0.05, 0) is 72.5 Å². The Labute approximate surface area is 193 Å². The minimum Gasteiger partial charge on any atom is -0.388 e. The monoisotopic (exact) mass is 435 g/mol. The van der Waals surface area contributed by atoms with Gasteiger partial charge in [0.25, 0.3) is 5.91 Å². The summed E-state index contributed by atoms with van der Waals surface area (Å²) in [7, 11) is 1.90. The number of rotatable bonds is 7. The van der Waals surface area contributed by atoms with Gasteiger partial charge < -0.3 is 5.32 Å². The molecule has 1 aliphatic heterocycles. The van der Waals surface area contributed by atoms with Crippen LogP contribution in [0, 0.1) is 0 Å². The molecule has 1 amide bonds. The van der Waals surface area contributed by atoms with Gasteiger partial charge in [-0.25, -0.2) is 5.01 Å². The molecule has 6 heteroatoms. The van der Waals surface area contributed by atoms with Gasteiger partial charge in [0.15, 0.2) is 0 Å². The van der Waals surface area contributed by atoms with Gasteiger partial charge in [-0.15, -0.1) is 0 Å². The van der Waals surface area contributed by atoms with Gasteiger partial charge in [0.05, 0.1) is 16.8 Å². The van der Waals surface area contributed by atoms with Crippen molar-refractivity contribution in [1.82, 2.24) is 9.97 Å². The number of hydrazine groups is 1. The molecule has 0 saturated heterocycles. The Bertz CT molecular complexity index is 1200. The Balaban J connectivity index is 1.69. The van der Waals surface area contributed by atoms with Crippen LogP contribution in [0.3, 0.4) is 0 Å². The van der Waals surface area contributed by atoms with Crippen LogP contribution in [-0.4, -0.2) is 22.9 Å². The van der Waals surface area contributed by atoms with Gasteiger partial charge >= 0.3 is 0 Å². The van der Waals surface area contributed by atoms with Gasteiger partial charge in [0.1, 0.15) is 0 Å². The largest absolute Gasteiger partial charge is 0.388 e. The number of benzene rings is 2. The standard InChI is InChI=1S/C27H25N5O/c1-28-23-8-5-9-24-25(23)27(18-20-10-14-29-15-11-20,19-21-12-16-30-17-13-21)26(33)32(24)31-22-6-3-2-4-7-22/h2-17,28,31H,18-19H2,1H3. The molecule has 5 rings (SSSR count). The fourth-order valence-electron chi connectivity index (χ4n) is 4.71. The van der Waals surface area contributed by atoms with Crippen molar-refractivity contribution in [3.63, 3.8) is 0 Å². The molecular formula is C27H25N5O. The van der Waals surface area contributed by atoms with Crippen molar-refractivity contribution in [2.24, 2.45) is 0 Å². The van der Waals surface area contributed by atoms with E-state index in [1.807, 2.05) is 79.8 Å². The van der Waals surface area contributed by atoms with Crippen molar-refractivity contribution < 1.29 is 4.79 Å². The minimum absolute atomic E-state index is 0.0117. The van der Waals surface area contributed by atoms with E-state index in [2.05, 4.69) is 20.7 Å². The summed E-state index contributed by atoms with van der Waals surface area (Å²) in [5.41, 5.74) is 8.33. The number of pyridine rings is 2. The quantitative estimate of drug-likeness (QED) is 0.443. The van der Waals surface area contributed by atoms with Crippen molar-refractivity contribution in [1.29, 1.82) is 0 Å². The molecular weight excluding hydrogens is 410 g/mol. The van der Waals surface area contributed by atoms with Gasteiger partial charge in [-0.2, -0.15) is 0 Å². The topological polar surface area (TPSA) is 70.2 Å².